The molecule has 6 rings (SSSR count). The molecule has 42 heavy (non-hydrogen) atoms. The van der Waals surface area contributed by atoms with E-state index in [0.29, 0.717) is 13.0 Å². The number of aromatic nitrogens is 1. The van der Waals surface area contributed by atoms with Gasteiger partial charge in [-0.1, -0.05) is 109 Å². The number of para-hydroxylation sites is 1. The Balaban J connectivity index is 1.11. The van der Waals surface area contributed by atoms with Crippen LogP contribution in [0.25, 0.3) is 21.7 Å². The lowest BCUT2D eigenvalue weighted by molar-refractivity contribution is 0.0690. The smallest absolute Gasteiger partial charge is 0.352 e. The zero-order valence-corrected chi connectivity index (χ0v) is 23.7. The summed E-state index contributed by atoms with van der Waals surface area (Å²) in [6.45, 7) is 0.515. The van der Waals surface area contributed by atoms with E-state index in [1.807, 2.05) is 36.4 Å². The predicted octanol–water partition coefficient (Wildman–Crippen LogP) is 8.60. The number of hydrogen-bond donors (Lipinski definition) is 2. The minimum Gasteiger partial charge on any atom is -0.493 e. The van der Waals surface area contributed by atoms with Crippen LogP contribution < -0.4 is 4.74 Å². The number of rotatable bonds is 12. The molecule has 1 heterocycles. The molecule has 0 saturated carbocycles. The minimum atomic E-state index is -0.923. The van der Waals surface area contributed by atoms with Crippen LogP contribution in [0.1, 0.15) is 44.7 Å². The molecule has 2 N–H and O–H groups in total. The molecular formula is C38H35NO3. The number of fused-ring (bicyclic) bond motifs is 2. The maximum absolute atomic E-state index is 12.2. The zero-order valence-electron chi connectivity index (χ0n) is 23.7. The normalized spacial score (nSPS) is 11.2. The molecule has 6 aromatic rings. The molecule has 0 bridgehead atoms. The van der Waals surface area contributed by atoms with Crippen molar-refractivity contribution in [1.82, 2.24) is 4.98 Å². The molecule has 4 heteroatoms. The highest BCUT2D eigenvalue weighted by molar-refractivity contribution is 5.98. The van der Waals surface area contributed by atoms with Gasteiger partial charge in [0.25, 0.3) is 0 Å². The average Bonchev–Trinajstić information content (AvgIpc) is 3.42. The quantitative estimate of drug-likeness (QED) is 0.149. The third kappa shape index (κ3) is 6.23. The number of carboxylic acid groups (broad SMARTS) is 1. The van der Waals surface area contributed by atoms with Crippen molar-refractivity contribution in [2.45, 2.75) is 38.5 Å². The van der Waals surface area contributed by atoms with E-state index in [4.69, 9.17) is 4.74 Å². The van der Waals surface area contributed by atoms with Gasteiger partial charge in [0, 0.05) is 16.3 Å². The molecule has 1 aromatic heterocycles. The Bertz CT molecular complexity index is 1800. The summed E-state index contributed by atoms with van der Waals surface area (Å²) < 4.78 is 6.13. The van der Waals surface area contributed by atoms with Crippen molar-refractivity contribution in [2.75, 3.05) is 6.61 Å². The van der Waals surface area contributed by atoms with Gasteiger partial charge < -0.3 is 14.8 Å². The van der Waals surface area contributed by atoms with Gasteiger partial charge >= 0.3 is 5.97 Å². The van der Waals surface area contributed by atoms with Crippen molar-refractivity contribution < 1.29 is 14.6 Å². The van der Waals surface area contributed by atoms with Crippen molar-refractivity contribution in [3.63, 3.8) is 0 Å². The summed E-state index contributed by atoms with van der Waals surface area (Å²) in [5.41, 5.74) is 7.19. The molecule has 0 spiro atoms. The first kappa shape index (κ1) is 27.3. The van der Waals surface area contributed by atoms with Gasteiger partial charge in [0.1, 0.15) is 11.4 Å². The summed E-state index contributed by atoms with van der Waals surface area (Å²) in [5, 5.41) is 13.2. The first-order valence-corrected chi connectivity index (χ1v) is 14.7. The monoisotopic (exact) mass is 553 g/mol. The Kier molecular flexibility index (Phi) is 8.32. The second-order valence-electron chi connectivity index (χ2n) is 10.9. The zero-order chi connectivity index (χ0) is 28.7. The second kappa shape index (κ2) is 12.8. The van der Waals surface area contributed by atoms with Crippen LogP contribution in [-0.4, -0.2) is 22.7 Å². The lowest BCUT2D eigenvalue weighted by Gasteiger charge is -2.09. The molecule has 210 valence electrons. The topological polar surface area (TPSA) is 62.3 Å². The molecular weight excluding hydrogens is 518 g/mol. The maximum atomic E-state index is 12.2. The average molecular weight is 554 g/mol. The van der Waals surface area contributed by atoms with Crippen LogP contribution in [-0.2, 0) is 32.1 Å². The van der Waals surface area contributed by atoms with Gasteiger partial charge in [-0.2, -0.15) is 0 Å². The van der Waals surface area contributed by atoms with E-state index in [-0.39, 0.29) is 5.69 Å². The Labute approximate surface area is 246 Å². The number of H-pyrrole nitrogens is 1. The van der Waals surface area contributed by atoms with Crippen molar-refractivity contribution in [2.24, 2.45) is 0 Å². The van der Waals surface area contributed by atoms with Crippen LogP contribution in [0.15, 0.2) is 115 Å². The fraction of sp³-hybridized carbons (Fsp3) is 0.184. The van der Waals surface area contributed by atoms with E-state index < -0.39 is 5.97 Å². The Morgan fingerprint density at radius 1 is 0.619 bits per heavy atom. The molecule has 0 aliphatic carbocycles. The van der Waals surface area contributed by atoms with Gasteiger partial charge in [0.2, 0.25) is 0 Å². The van der Waals surface area contributed by atoms with E-state index >= 15 is 0 Å². The Morgan fingerprint density at radius 3 is 2.00 bits per heavy atom. The maximum Gasteiger partial charge on any atom is 0.352 e. The van der Waals surface area contributed by atoms with Crippen LogP contribution >= 0.6 is 0 Å². The molecule has 5 aromatic carbocycles. The summed E-state index contributed by atoms with van der Waals surface area (Å²) in [5.74, 6) is -0.0646. The number of aromatic amines is 1. The highest BCUT2D eigenvalue weighted by Gasteiger charge is 2.18. The van der Waals surface area contributed by atoms with Crippen LogP contribution in [0, 0.1) is 0 Å². The lowest BCUT2D eigenvalue weighted by atomic mass is 9.98. The number of carbonyl (C=O) groups is 1. The predicted molar refractivity (Wildman–Crippen MR) is 171 cm³/mol. The van der Waals surface area contributed by atoms with Crippen LogP contribution in [0.3, 0.4) is 0 Å². The van der Waals surface area contributed by atoms with E-state index in [9.17, 15) is 9.90 Å². The molecule has 0 saturated heterocycles. The summed E-state index contributed by atoms with van der Waals surface area (Å²) in [4.78, 5) is 15.4. The third-order valence-corrected chi connectivity index (χ3v) is 8.07. The van der Waals surface area contributed by atoms with Crippen molar-refractivity contribution in [3.05, 3.63) is 149 Å². The van der Waals surface area contributed by atoms with E-state index in [1.54, 1.807) is 0 Å². The molecule has 0 aliphatic rings. The summed E-state index contributed by atoms with van der Waals surface area (Å²) >= 11 is 0. The first-order chi connectivity index (χ1) is 20.7. The summed E-state index contributed by atoms with van der Waals surface area (Å²) in [6, 6.07) is 39.9. The number of benzene rings is 5. The number of carboxylic acids is 1. The number of nitrogens with one attached hydrogen (secondary N) is 1. The number of aromatic carboxylic acids is 1. The van der Waals surface area contributed by atoms with Crippen LogP contribution in [0.5, 0.6) is 5.75 Å². The molecule has 0 aliphatic heterocycles. The lowest BCUT2D eigenvalue weighted by Crippen LogP contribution is -2.04. The fourth-order valence-corrected chi connectivity index (χ4v) is 5.82. The highest BCUT2D eigenvalue weighted by Crippen LogP contribution is 2.29. The number of hydrogen-bond acceptors (Lipinski definition) is 2. The Hall–Kier alpha value is -4.83. The molecule has 0 fully saturated rings. The van der Waals surface area contributed by atoms with Gasteiger partial charge in [-0.05, 0) is 77.8 Å². The van der Waals surface area contributed by atoms with Crippen LogP contribution in [0.2, 0.25) is 0 Å². The fourth-order valence-electron chi connectivity index (χ4n) is 5.82. The third-order valence-electron chi connectivity index (χ3n) is 8.07. The Morgan fingerprint density at radius 2 is 1.24 bits per heavy atom. The molecule has 0 amide bonds. The molecule has 0 radical (unpaired) electrons. The summed E-state index contributed by atoms with van der Waals surface area (Å²) in [6.07, 6.45) is 5.15. The van der Waals surface area contributed by atoms with E-state index in [0.717, 1.165) is 70.7 Å². The van der Waals surface area contributed by atoms with Gasteiger partial charge in [0.05, 0.1) is 6.61 Å². The minimum absolute atomic E-state index is 0.283. The van der Waals surface area contributed by atoms with Gasteiger partial charge in [-0.3, -0.25) is 0 Å². The van der Waals surface area contributed by atoms with Crippen molar-refractivity contribution in [3.8, 4) is 5.75 Å². The first-order valence-electron chi connectivity index (χ1n) is 14.7. The molecule has 0 unspecified atom stereocenters. The van der Waals surface area contributed by atoms with E-state index in [1.165, 1.54) is 16.7 Å². The van der Waals surface area contributed by atoms with Crippen molar-refractivity contribution in [1.29, 1.82) is 0 Å². The highest BCUT2D eigenvalue weighted by atomic mass is 16.5. The number of aryl methyl sites for hydroxylation is 5. The largest absolute Gasteiger partial charge is 0.493 e. The molecule has 0 atom stereocenters. The second-order valence-corrected chi connectivity index (χ2v) is 10.9. The SMILES string of the molecule is O=C(O)c1[nH]c2c(CCc3ccc(CCc4ccccc4)cc3)cccc2c1CCCOc1cccc2ccccc12. The van der Waals surface area contributed by atoms with Gasteiger partial charge in [-0.25, -0.2) is 4.79 Å². The summed E-state index contributed by atoms with van der Waals surface area (Å²) in [7, 11) is 0. The van der Waals surface area contributed by atoms with Crippen LogP contribution in [0.4, 0.5) is 0 Å². The number of ether oxygens (including phenoxy) is 1. The standard InChI is InChI=1S/C38H35NO3/c40-38(41)37-34(16-8-26-42-35-17-7-12-30-11-4-5-14-32(30)35)33-15-6-13-31(36(33)39-37)25-24-29-22-20-28(21-23-29)19-18-27-9-2-1-3-10-27/h1-7,9-15,17,20-23,39H,8,16,18-19,24-26H2,(H,40,41). The van der Waals surface area contributed by atoms with E-state index in [2.05, 4.69) is 83.8 Å². The van der Waals surface area contributed by atoms with Crippen molar-refractivity contribution >= 4 is 27.6 Å². The van der Waals surface area contributed by atoms with Gasteiger partial charge in [0.15, 0.2) is 0 Å². The van der Waals surface area contributed by atoms with Gasteiger partial charge in [-0.15, -0.1) is 0 Å². The molecule has 4 nitrogen and oxygen atoms in total.